The molecule has 0 unspecified atom stereocenters. The number of rotatable bonds is 6. The third kappa shape index (κ3) is 4.21. The Morgan fingerprint density at radius 2 is 1.42 bits per heavy atom. The first kappa shape index (κ1) is 25.4. The summed E-state index contributed by atoms with van der Waals surface area (Å²) in [6, 6.07) is 22.4. The lowest BCUT2D eigenvalue weighted by molar-refractivity contribution is -0.117. The van der Waals surface area contributed by atoms with Crippen LogP contribution in [-0.2, 0) is 25.6 Å². The maximum Gasteiger partial charge on any atom is 0.463 e. The molecular weight excluding hydrogens is 493 g/mol. The molecule has 0 aromatic heterocycles. The first-order valence-electron chi connectivity index (χ1n) is 13.5. The third-order valence-electron chi connectivity index (χ3n) is 8.36. The second kappa shape index (κ2) is 9.10. The molecule has 38 heavy (non-hydrogen) atoms. The number of benzene rings is 3. The van der Waals surface area contributed by atoms with E-state index in [0.717, 1.165) is 30.0 Å². The molecule has 1 aliphatic heterocycles. The maximum atomic E-state index is 12.6. The molecule has 5 nitrogen and oxygen atoms in total. The van der Waals surface area contributed by atoms with Gasteiger partial charge in [0, 0.05) is 28.7 Å². The summed E-state index contributed by atoms with van der Waals surface area (Å²) in [4.78, 5) is 12.6. The average molecular weight is 530 g/mol. The first-order valence-corrected chi connectivity index (χ1v) is 14.6. The van der Waals surface area contributed by atoms with Gasteiger partial charge in [-0.25, -0.2) is 0 Å². The summed E-state index contributed by atoms with van der Waals surface area (Å²) >= 11 is 0. The van der Waals surface area contributed by atoms with Crippen LogP contribution in [0.1, 0.15) is 76.1 Å². The molecule has 0 radical (unpaired) electrons. The van der Waals surface area contributed by atoms with Crippen LogP contribution in [0.4, 0.5) is 5.69 Å². The van der Waals surface area contributed by atoms with Gasteiger partial charge >= 0.3 is 8.60 Å². The molecule has 3 aromatic carbocycles. The van der Waals surface area contributed by atoms with Crippen LogP contribution in [0, 0.1) is 5.92 Å². The minimum atomic E-state index is -1.70. The number of anilines is 1. The van der Waals surface area contributed by atoms with E-state index in [1.165, 1.54) is 22.3 Å². The summed E-state index contributed by atoms with van der Waals surface area (Å²) in [6.07, 6.45) is 2.41. The van der Waals surface area contributed by atoms with E-state index in [-0.39, 0.29) is 28.1 Å². The van der Waals surface area contributed by atoms with Gasteiger partial charge in [0.1, 0.15) is 11.5 Å². The second-order valence-electron chi connectivity index (χ2n) is 12.5. The summed E-state index contributed by atoms with van der Waals surface area (Å²) in [6.45, 7) is 11.8. The molecule has 0 bridgehead atoms. The minimum absolute atomic E-state index is 0.00112. The van der Waals surface area contributed by atoms with Crippen molar-refractivity contribution in [2.75, 3.05) is 11.9 Å². The molecule has 1 atom stereocenters. The summed E-state index contributed by atoms with van der Waals surface area (Å²) in [5, 5.41) is 2.95. The fourth-order valence-electron chi connectivity index (χ4n) is 7.10. The minimum Gasteiger partial charge on any atom is -0.417 e. The Morgan fingerprint density at radius 3 is 1.97 bits per heavy atom. The van der Waals surface area contributed by atoms with E-state index >= 15 is 0 Å². The van der Waals surface area contributed by atoms with Gasteiger partial charge in [0.05, 0.1) is 6.61 Å². The van der Waals surface area contributed by atoms with Gasteiger partial charge < -0.3 is 14.4 Å². The van der Waals surface area contributed by atoms with Gasteiger partial charge in [0.15, 0.2) is 0 Å². The van der Waals surface area contributed by atoms with Crippen molar-refractivity contribution in [1.82, 2.24) is 0 Å². The summed E-state index contributed by atoms with van der Waals surface area (Å²) < 4.78 is 19.4. The van der Waals surface area contributed by atoms with E-state index < -0.39 is 8.60 Å². The number of amides is 1. The van der Waals surface area contributed by atoms with Crippen LogP contribution in [0.5, 0.6) is 11.5 Å². The van der Waals surface area contributed by atoms with Crippen molar-refractivity contribution in [1.29, 1.82) is 0 Å². The average Bonchev–Trinajstić information content (AvgIpc) is 3.23. The molecular formula is C32H36NO4P. The topological polar surface area (TPSA) is 56.8 Å². The fourth-order valence-corrected chi connectivity index (χ4v) is 8.24. The Bertz CT molecular complexity index is 1310. The molecule has 198 valence electrons. The van der Waals surface area contributed by atoms with Gasteiger partial charge in [-0.2, -0.15) is 0 Å². The largest absolute Gasteiger partial charge is 0.463 e. The van der Waals surface area contributed by atoms with Crippen LogP contribution in [0.25, 0.3) is 0 Å². The van der Waals surface area contributed by atoms with Gasteiger partial charge in [0.25, 0.3) is 0 Å². The summed E-state index contributed by atoms with van der Waals surface area (Å²) in [5.74, 6) is 1.70. The normalized spacial score (nSPS) is 20.2. The molecule has 3 aliphatic rings. The highest BCUT2D eigenvalue weighted by Gasteiger charge is 2.59. The molecule has 3 aromatic rings. The summed E-state index contributed by atoms with van der Waals surface area (Å²) in [7, 11) is -1.70. The number of nitrogens with one attached hydrogen (secondary N) is 1. The molecule has 6 heteroatoms. The Balaban J connectivity index is 1.28. The van der Waals surface area contributed by atoms with Gasteiger partial charge in [-0.3, -0.25) is 9.32 Å². The number of hydrogen-bond donors (Lipinski definition) is 1. The zero-order valence-corrected chi connectivity index (χ0v) is 23.7. The highest BCUT2D eigenvalue weighted by atomic mass is 31.2. The molecule has 2 aliphatic carbocycles. The van der Waals surface area contributed by atoms with Crippen molar-refractivity contribution >= 4 is 20.2 Å². The molecule has 1 spiro atoms. The van der Waals surface area contributed by atoms with E-state index in [9.17, 15) is 4.79 Å². The predicted octanol–water partition coefficient (Wildman–Crippen LogP) is 8.01. The monoisotopic (exact) mass is 529 g/mol. The molecule has 1 N–H and O–H groups in total. The SMILES string of the molecule is C[C@H](COP1Oc2cccc3c2C2(CC3(C)C)CC(C)(C)c3cccc(c32)O1)CC(=O)Nc1ccccc1. The number of hydrogen-bond acceptors (Lipinski definition) is 4. The fraction of sp³-hybridized carbons (Fsp3) is 0.406. The zero-order chi connectivity index (χ0) is 26.7. The lowest BCUT2D eigenvalue weighted by atomic mass is 9.72. The molecule has 1 heterocycles. The highest BCUT2D eigenvalue weighted by Crippen LogP contribution is 2.68. The van der Waals surface area contributed by atoms with Crippen molar-refractivity contribution < 1.29 is 18.4 Å². The van der Waals surface area contributed by atoms with E-state index in [4.69, 9.17) is 13.6 Å². The third-order valence-corrected chi connectivity index (χ3v) is 9.41. The smallest absolute Gasteiger partial charge is 0.417 e. The molecule has 0 saturated heterocycles. The Kier molecular flexibility index (Phi) is 6.09. The number of carbonyl (C=O) groups is 1. The standard InChI is InChI=1S/C32H36NO4P/c1-21(17-27(34)33-22-11-7-6-8-12-22)18-35-38-36-25-15-9-13-23-28(25)32(19-30(23,2)3)20-31(4,5)24-14-10-16-26(37-38)29(24)32/h6-16,21H,17-20H2,1-5H3,(H,33,34)/t21-,32?/m0/s1. The van der Waals surface area contributed by atoms with Crippen LogP contribution in [0.2, 0.25) is 0 Å². The van der Waals surface area contributed by atoms with E-state index in [1.807, 2.05) is 37.3 Å². The lowest BCUT2D eigenvalue weighted by Gasteiger charge is -2.34. The van der Waals surface area contributed by atoms with Gasteiger partial charge in [-0.05, 0) is 65.0 Å². The van der Waals surface area contributed by atoms with Gasteiger partial charge in [-0.15, -0.1) is 0 Å². The van der Waals surface area contributed by atoms with Crippen LogP contribution < -0.4 is 14.4 Å². The molecule has 6 rings (SSSR count). The van der Waals surface area contributed by atoms with Crippen LogP contribution in [-0.4, -0.2) is 12.5 Å². The van der Waals surface area contributed by atoms with Crippen molar-refractivity contribution in [2.24, 2.45) is 5.92 Å². The summed E-state index contributed by atoms with van der Waals surface area (Å²) in [5.41, 5.74) is 6.02. The quantitative estimate of drug-likeness (QED) is 0.329. The predicted molar refractivity (Wildman–Crippen MR) is 152 cm³/mol. The Labute approximate surface area is 226 Å². The Hall–Kier alpha value is -2.88. The molecule has 0 saturated carbocycles. The van der Waals surface area contributed by atoms with E-state index in [2.05, 4.69) is 69.4 Å². The van der Waals surface area contributed by atoms with Crippen molar-refractivity contribution in [3.05, 3.63) is 89.0 Å². The van der Waals surface area contributed by atoms with Crippen LogP contribution in [0.15, 0.2) is 66.7 Å². The maximum absolute atomic E-state index is 12.6. The lowest BCUT2D eigenvalue weighted by Crippen LogP contribution is -2.28. The highest BCUT2D eigenvalue weighted by molar-refractivity contribution is 7.42. The molecule has 0 fully saturated rings. The van der Waals surface area contributed by atoms with Crippen molar-refractivity contribution in [3.63, 3.8) is 0 Å². The number of para-hydroxylation sites is 1. The van der Waals surface area contributed by atoms with Gasteiger partial charge in [-0.1, -0.05) is 77.1 Å². The van der Waals surface area contributed by atoms with Crippen LogP contribution in [0.3, 0.4) is 0 Å². The van der Waals surface area contributed by atoms with Gasteiger partial charge in [0.2, 0.25) is 5.91 Å². The van der Waals surface area contributed by atoms with Crippen molar-refractivity contribution in [3.8, 4) is 11.5 Å². The number of carbonyl (C=O) groups excluding carboxylic acids is 1. The van der Waals surface area contributed by atoms with E-state index in [1.54, 1.807) is 0 Å². The molecule has 1 amide bonds. The zero-order valence-electron chi connectivity index (χ0n) is 22.8. The second-order valence-corrected chi connectivity index (χ2v) is 13.6. The van der Waals surface area contributed by atoms with Crippen LogP contribution >= 0.6 is 8.60 Å². The van der Waals surface area contributed by atoms with Crippen molar-refractivity contribution in [2.45, 2.75) is 70.1 Å². The van der Waals surface area contributed by atoms with E-state index in [0.29, 0.717) is 13.0 Å². The first-order chi connectivity index (χ1) is 18.1. The Morgan fingerprint density at radius 1 is 0.868 bits per heavy atom.